The van der Waals surface area contributed by atoms with Crippen LogP contribution in [0.5, 0.6) is 0 Å². The van der Waals surface area contributed by atoms with Crippen molar-refractivity contribution in [2.45, 2.75) is 39.3 Å². The maximum absolute atomic E-state index is 12.5. The van der Waals surface area contributed by atoms with Gasteiger partial charge >= 0.3 is 5.97 Å². The molecule has 1 fully saturated rings. The highest BCUT2D eigenvalue weighted by molar-refractivity contribution is 5.91. The summed E-state index contributed by atoms with van der Waals surface area (Å²) in [6.45, 7) is 8.59. The molecule has 0 spiro atoms. The minimum atomic E-state index is -1.91. The van der Waals surface area contributed by atoms with Crippen molar-refractivity contribution in [3.63, 3.8) is 0 Å². The molecule has 1 aliphatic rings. The van der Waals surface area contributed by atoms with Crippen LogP contribution >= 0.6 is 0 Å². The van der Waals surface area contributed by atoms with Gasteiger partial charge in [0.15, 0.2) is 0 Å². The van der Waals surface area contributed by atoms with E-state index < -0.39 is 17.6 Å². The van der Waals surface area contributed by atoms with Crippen LogP contribution in [0.2, 0.25) is 0 Å². The summed E-state index contributed by atoms with van der Waals surface area (Å²) in [6, 6.07) is 0. The van der Waals surface area contributed by atoms with Crippen molar-refractivity contribution in [2.24, 2.45) is 0 Å². The first-order valence-electron chi connectivity index (χ1n) is 8.64. The van der Waals surface area contributed by atoms with Crippen molar-refractivity contribution < 1.29 is 28.6 Å². The minimum absolute atomic E-state index is 0.0382. The third kappa shape index (κ3) is 6.25. The summed E-state index contributed by atoms with van der Waals surface area (Å²) in [5.74, 6) is 0.487. The fourth-order valence-electron chi connectivity index (χ4n) is 2.73. The van der Waals surface area contributed by atoms with E-state index in [0.29, 0.717) is 19.6 Å². The second-order valence-corrected chi connectivity index (χ2v) is 5.65. The molecule has 0 aromatic heterocycles. The lowest BCUT2D eigenvalue weighted by molar-refractivity contribution is -0.173. The quantitative estimate of drug-likeness (QED) is 0.341. The van der Waals surface area contributed by atoms with E-state index in [9.17, 15) is 14.4 Å². The van der Waals surface area contributed by atoms with Crippen molar-refractivity contribution in [1.29, 1.82) is 0 Å². The van der Waals surface area contributed by atoms with Crippen LogP contribution in [0.15, 0.2) is 5.57 Å². The lowest BCUT2D eigenvalue weighted by Gasteiger charge is -2.32. The molecule has 0 radical (unpaired) electrons. The number of hydrogen-bond donors (Lipinski definition) is 1. The van der Waals surface area contributed by atoms with Gasteiger partial charge in [-0.15, -0.1) is 0 Å². The number of rotatable bonds is 10. The van der Waals surface area contributed by atoms with E-state index in [1.165, 1.54) is 6.92 Å². The molecule has 1 saturated heterocycles. The van der Waals surface area contributed by atoms with Gasteiger partial charge in [-0.25, -0.2) is 9.59 Å². The fourth-order valence-corrected chi connectivity index (χ4v) is 2.73. The van der Waals surface area contributed by atoms with Gasteiger partial charge in [0.25, 0.3) is 5.72 Å². The van der Waals surface area contributed by atoms with Gasteiger partial charge in [-0.1, -0.05) is 0 Å². The molecule has 0 bridgehead atoms. The van der Waals surface area contributed by atoms with Gasteiger partial charge in [0.05, 0.1) is 25.4 Å². The predicted molar refractivity (Wildman–Crippen MR) is 90.5 cm³/mol. The molecule has 0 saturated carbocycles. The van der Waals surface area contributed by atoms with E-state index in [4.69, 9.17) is 14.2 Å². The largest absolute Gasteiger partial charge is 0.462 e. The van der Waals surface area contributed by atoms with Gasteiger partial charge in [-0.05, 0) is 33.2 Å². The standard InChI is InChI=1S/C17H28N2O6/c1-4-24-16(22)17(25-5-2,18-14(3)21)15(13-20)7-6-8-19-9-11-23-12-10-19/h4-12H2,1-3H3,(H,18,21). The number of ether oxygens (including phenoxy) is 3. The predicted octanol–water partition coefficient (Wildman–Crippen LogP) is 0.289. The number of nitrogens with one attached hydrogen (secondary N) is 1. The summed E-state index contributed by atoms with van der Waals surface area (Å²) < 4.78 is 15.8. The van der Waals surface area contributed by atoms with Crippen molar-refractivity contribution in [3.05, 3.63) is 5.57 Å². The SMILES string of the molecule is CCOC(=O)C(NC(C)=O)(OCC)C(=C=O)CCCN1CCOCC1. The lowest BCUT2D eigenvalue weighted by atomic mass is 9.98. The fraction of sp³-hybridized carbons (Fsp3) is 0.765. The van der Waals surface area contributed by atoms with E-state index in [1.54, 1.807) is 19.8 Å². The summed E-state index contributed by atoms with van der Waals surface area (Å²) in [6.07, 6.45) is 0.887. The zero-order chi connectivity index (χ0) is 18.7. The van der Waals surface area contributed by atoms with Crippen molar-refractivity contribution >= 4 is 17.8 Å². The second-order valence-electron chi connectivity index (χ2n) is 5.65. The Morgan fingerprint density at radius 1 is 1.24 bits per heavy atom. The first-order valence-corrected chi connectivity index (χ1v) is 8.64. The minimum Gasteiger partial charge on any atom is -0.462 e. The van der Waals surface area contributed by atoms with E-state index in [0.717, 1.165) is 19.6 Å². The average Bonchev–Trinajstić information content (AvgIpc) is 2.59. The molecule has 1 unspecified atom stereocenters. The molecule has 1 atom stereocenters. The van der Waals surface area contributed by atoms with Gasteiger partial charge < -0.3 is 19.5 Å². The Bertz CT molecular complexity index is 497. The third-order valence-electron chi connectivity index (χ3n) is 3.83. The number of carbonyl (C=O) groups is 2. The number of esters is 1. The molecule has 25 heavy (non-hydrogen) atoms. The maximum Gasteiger partial charge on any atom is 0.365 e. The molecule has 1 aliphatic heterocycles. The van der Waals surface area contributed by atoms with Crippen LogP contribution in [0.4, 0.5) is 0 Å². The van der Waals surface area contributed by atoms with Crippen molar-refractivity contribution in [2.75, 3.05) is 46.1 Å². The zero-order valence-electron chi connectivity index (χ0n) is 15.3. The number of nitrogens with zero attached hydrogens (tertiary/aromatic N) is 1. The Labute approximate surface area is 148 Å². The average molecular weight is 356 g/mol. The van der Waals surface area contributed by atoms with E-state index >= 15 is 0 Å². The smallest absolute Gasteiger partial charge is 0.365 e. The second kappa shape index (κ2) is 11.0. The van der Waals surface area contributed by atoms with Crippen LogP contribution in [0.3, 0.4) is 0 Å². The van der Waals surface area contributed by atoms with Crippen LogP contribution in [0.25, 0.3) is 0 Å². The van der Waals surface area contributed by atoms with Crippen LogP contribution in [0.1, 0.15) is 33.6 Å². The monoisotopic (exact) mass is 356 g/mol. The van der Waals surface area contributed by atoms with Crippen LogP contribution < -0.4 is 5.32 Å². The molecule has 1 N–H and O–H groups in total. The number of amides is 1. The first kappa shape index (κ1) is 21.3. The zero-order valence-corrected chi connectivity index (χ0v) is 15.3. The summed E-state index contributed by atoms with van der Waals surface area (Å²) in [4.78, 5) is 37.9. The summed E-state index contributed by atoms with van der Waals surface area (Å²) in [5.41, 5.74) is -1.88. The Morgan fingerprint density at radius 2 is 1.92 bits per heavy atom. The summed E-state index contributed by atoms with van der Waals surface area (Å²) in [7, 11) is 0. The third-order valence-corrected chi connectivity index (χ3v) is 3.83. The molecular formula is C17H28N2O6. The summed E-state index contributed by atoms with van der Waals surface area (Å²) in [5, 5.41) is 2.45. The van der Waals surface area contributed by atoms with Gasteiger partial charge in [-0.3, -0.25) is 9.69 Å². The molecule has 1 heterocycles. The Balaban J connectivity index is 2.88. The molecular weight excluding hydrogens is 328 g/mol. The Hall–Kier alpha value is -1.73. The maximum atomic E-state index is 12.5. The molecule has 142 valence electrons. The molecule has 0 aromatic rings. The highest BCUT2D eigenvalue weighted by atomic mass is 16.6. The molecule has 1 rings (SSSR count). The normalized spacial score (nSPS) is 17.2. The molecule has 8 heteroatoms. The Morgan fingerprint density at radius 3 is 2.44 bits per heavy atom. The van der Waals surface area contributed by atoms with Gasteiger partial charge in [-0.2, -0.15) is 0 Å². The van der Waals surface area contributed by atoms with Gasteiger partial charge in [0.2, 0.25) is 5.91 Å². The van der Waals surface area contributed by atoms with E-state index in [-0.39, 0.29) is 25.2 Å². The van der Waals surface area contributed by atoms with Gasteiger partial charge in [0, 0.05) is 26.6 Å². The Kier molecular flexibility index (Phi) is 9.37. The van der Waals surface area contributed by atoms with Crippen LogP contribution in [0, 0.1) is 0 Å². The number of carbonyl (C=O) groups excluding carboxylic acids is 3. The van der Waals surface area contributed by atoms with E-state index in [1.807, 2.05) is 0 Å². The highest BCUT2D eigenvalue weighted by Gasteiger charge is 2.46. The lowest BCUT2D eigenvalue weighted by Crippen LogP contribution is -2.58. The topological polar surface area (TPSA) is 94.2 Å². The molecule has 0 aliphatic carbocycles. The van der Waals surface area contributed by atoms with Crippen molar-refractivity contribution in [3.8, 4) is 0 Å². The molecule has 0 aromatic carbocycles. The van der Waals surface area contributed by atoms with Crippen molar-refractivity contribution in [1.82, 2.24) is 10.2 Å². The van der Waals surface area contributed by atoms with Crippen LogP contribution in [-0.2, 0) is 28.6 Å². The molecule has 1 amide bonds. The summed E-state index contributed by atoms with van der Waals surface area (Å²) >= 11 is 0. The highest BCUT2D eigenvalue weighted by Crippen LogP contribution is 2.24. The van der Waals surface area contributed by atoms with Crippen LogP contribution in [-0.4, -0.2) is 74.5 Å². The number of hydrogen-bond acceptors (Lipinski definition) is 7. The first-order chi connectivity index (χ1) is 12.0. The van der Waals surface area contributed by atoms with E-state index in [2.05, 4.69) is 10.2 Å². The number of morpholine rings is 1. The van der Waals surface area contributed by atoms with Gasteiger partial charge in [0.1, 0.15) is 5.94 Å². The molecule has 8 nitrogen and oxygen atoms in total.